The predicted octanol–water partition coefficient (Wildman–Crippen LogP) is 1.24. The van der Waals surface area contributed by atoms with E-state index in [9.17, 15) is 4.79 Å². The van der Waals surface area contributed by atoms with Crippen molar-refractivity contribution in [3.8, 4) is 0 Å². The summed E-state index contributed by atoms with van der Waals surface area (Å²) in [5.74, 6) is -0.0465. The largest absolute Gasteiger partial charge is 0.385 e. The van der Waals surface area contributed by atoms with Gasteiger partial charge in [-0.3, -0.25) is 9.78 Å². The van der Waals surface area contributed by atoms with E-state index in [0.29, 0.717) is 12.1 Å². The molecule has 0 radical (unpaired) electrons. The van der Waals surface area contributed by atoms with E-state index in [1.165, 1.54) is 0 Å². The summed E-state index contributed by atoms with van der Waals surface area (Å²) in [5, 5.41) is 2.84. The van der Waals surface area contributed by atoms with Gasteiger partial charge in [0.15, 0.2) is 0 Å². The van der Waals surface area contributed by atoms with Gasteiger partial charge in [-0.15, -0.1) is 0 Å². The maximum Gasteiger partial charge on any atom is 0.251 e. The summed E-state index contributed by atoms with van der Waals surface area (Å²) in [5.41, 5.74) is 0.650. The number of aromatic nitrogens is 1. The number of carbonyl (C=O) groups is 1. The van der Waals surface area contributed by atoms with Gasteiger partial charge in [-0.2, -0.15) is 0 Å². The molecule has 0 bridgehead atoms. The first-order valence-electron chi connectivity index (χ1n) is 5.02. The number of hydrogen-bond acceptors (Lipinski definition) is 3. The lowest BCUT2D eigenvalue weighted by Gasteiger charge is -2.04. The van der Waals surface area contributed by atoms with Crippen molar-refractivity contribution in [1.82, 2.24) is 10.3 Å². The number of rotatable bonds is 6. The quantitative estimate of drug-likeness (QED) is 0.715. The Kier molecular flexibility index (Phi) is 5.40. The second-order valence-corrected chi connectivity index (χ2v) is 3.19. The number of nitrogens with one attached hydrogen (secondary N) is 1. The summed E-state index contributed by atoms with van der Waals surface area (Å²) in [6.07, 6.45) is 5.12. The molecule has 0 fully saturated rings. The number of ether oxygens (including phenoxy) is 1. The van der Waals surface area contributed by atoms with Crippen molar-refractivity contribution in [2.24, 2.45) is 0 Å². The molecule has 0 aromatic carbocycles. The first-order valence-corrected chi connectivity index (χ1v) is 5.02. The first-order chi connectivity index (χ1) is 7.34. The van der Waals surface area contributed by atoms with Gasteiger partial charge in [0.05, 0.1) is 0 Å². The van der Waals surface area contributed by atoms with Gasteiger partial charge in [0, 0.05) is 38.2 Å². The van der Waals surface area contributed by atoms with Gasteiger partial charge in [-0.05, 0) is 25.0 Å². The van der Waals surface area contributed by atoms with E-state index in [-0.39, 0.29) is 5.91 Å². The van der Waals surface area contributed by atoms with Crippen LogP contribution >= 0.6 is 0 Å². The van der Waals surface area contributed by atoms with Gasteiger partial charge >= 0.3 is 0 Å². The molecular formula is C11H16N2O2. The number of nitrogens with zero attached hydrogens (tertiary/aromatic N) is 1. The lowest BCUT2D eigenvalue weighted by atomic mass is 10.2. The van der Waals surface area contributed by atoms with E-state index in [4.69, 9.17) is 4.74 Å². The summed E-state index contributed by atoms with van der Waals surface area (Å²) in [6, 6.07) is 3.40. The highest BCUT2D eigenvalue weighted by Crippen LogP contribution is 1.96. The Morgan fingerprint density at radius 3 is 2.80 bits per heavy atom. The second-order valence-electron chi connectivity index (χ2n) is 3.19. The zero-order valence-electron chi connectivity index (χ0n) is 8.90. The van der Waals surface area contributed by atoms with Crippen LogP contribution in [0.1, 0.15) is 23.2 Å². The van der Waals surface area contributed by atoms with Crippen LogP contribution in [0, 0.1) is 0 Å². The fraction of sp³-hybridized carbons (Fsp3) is 0.455. The molecule has 1 aromatic rings. The number of amides is 1. The van der Waals surface area contributed by atoms with E-state index in [0.717, 1.165) is 19.4 Å². The number of hydrogen-bond donors (Lipinski definition) is 1. The molecule has 1 rings (SSSR count). The van der Waals surface area contributed by atoms with E-state index in [1.54, 1.807) is 31.6 Å². The van der Waals surface area contributed by atoms with E-state index < -0.39 is 0 Å². The van der Waals surface area contributed by atoms with E-state index in [2.05, 4.69) is 10.3 Å². The minimum absolute atomic E-state index is 0.0465. The molecule has 0 unspecified atom stereocenters. The van der Waals surface area contributed by atoms with Crippen LogP contribution < -0.4 is 5.32 Å². The van der Waals surface area contributed by atoms with Crippen molar-refractivity contribution < 1.29 is 9.53 Å². The smallest absolute Gasteiger partial charge is 0.251 e. The Labute approximate surface area is 89.7 Å². The van der Waals surface area contributed by atoms with Crippen molar-refractivity contribution in [1.29, 1.82) is 0 Å². The minimum Gasteiger partial charge on any atom is -0.385 e. The van der Waals surface area contributed by atoms with E-state index >= 15 is 0 Å². The molecule has 1 aromatic heterocycles. The lowest BCUT2D eigenvalue weighted by molar-refractivity contribution is 0.0951. The van der Waals surface area contributed by atoms with Crippen LogP contribution in [-0.4, -0.2) is 31.2 Å². The standard InChI is InChI=1S/C11H16N2O2/c1-15-9-3-2-6-13-11(14)10-4-7-12-8-5-10/h4-5,7-8H,2-3,6,9H2,1H3,(H,13,14). The third-order valence-electron chi connectivity index (χ3n) is 2.00. The molecule has 0 aliphatic heterocycles. The Balaban J connectivity index is 2.20. The minimum atomic E-state index is -0.0465. The molecule has 82 valence electrons. The van der Waals surface area contributed by atoms with Crippen LogP contribution in [-0.2, 0) is 4.74 Å². The van der Waals surface area contributed by atoms with Gasteiger partial charge in [0.2, 0.25) is 0 Å². The molecule has 1 N–H and O–H groups in total. The fourth-order valence-electron chi connectivity index (χ4n) is 1.18. The van der Waals surface area contributed by atoms with Gasteiger partial charge in [0.1, 0.15) is 0 Å². The van der Waals surface area contributed by atoms with Crippen LogP contribution in [0.15, 0.2) is 24.5 Å². The Morgan fingerprint density at radius 1 is 1.40 bits per heavy atom. The molecule has 4 nitrogen and oxygen atoms in total. The Morgan fingerprint density at radius 2 is 2.13 bits per heavy atom. The fourth-order valence-corrected chi connectivity index (χ4v) is 1.18. The molecular weight excluding hydrogens is 192 g/mol. The number of pyridine rings is 1. The highest BCUT2D eigenvalue weighted by molar-refractivity contribution is 5.93. The lowest BCUT2D eigenvalue weighted by Crippen LogP contribution is -2.24. The summed E-state index contributed by atoms with van der Waals surface area (Å²) < 4.78 is 4.91. The highest BCUT2D eigenvalue weighted by atomic mass is 16.5. The van der Waals surface area contributed by atoms with Crippen LogP contribution in [0.25, 0.3) is 0 Å². The summed E-state index contributed by atoms with van der Waals surface area (Å²) >= 11 is 0. The average molecular weight is 208 g/mol. The highest BCUT2D eigenvalue weighted by Gasteiger charge is 2.02. The molecule has 1 amide bonds. The third kappa shape index (κ3) is 4.56. The number of carbonyl (C=O) groups excluding carboxylic acids is 1. The average Bonchev–Trinajstić information content (AvgIpc) is 2.30. The van der Waals surface area contributed by atoms with Crippen LogP contribution in [0.2, 0.25) is 0 Å². The molecule has 0 aliphatic rings. The molecule has 0 saturated heterocycles. The van der Waals surface area contributed by atoms with Crippen molar-refractivity contribution in [2.45, 2.75) is 12.8 Å². The normalized spacial score (nSPS) is 9.93. The van der Waals surface area contributed by atoms with Gasteiger partial charge < -0.3 is 10.1 Å². The SMILES string of the molecule is COCCCCNC(=O)c1ccncc1. The Hall–Kier alpha value is -1.42. The summed E-state index contributed by atoms with van der Waals surface area (Å²) in [7, 11) is 1.68. The second kappa shape index (κ2) is 6.95. The molecule has 1 heterocycles. The third-order valence-corrected chi connectivity index (χ3v) is 2.00. The number of unbranched alkanes of at least 4 members (excludes halogenated alkanes) is 1. The van der Waals surface area contributed by atoms with Crippen LogP contribution in [0.3, 0.4) is 0 Å². The van der Waals surface area contributed by atoms with Gasteiger partial charge in [-0.25, -0.2) is 0 Å². The molecule has 0 atom stereocenters. The maximum absolute atomic E-state index is 11.5. The predicted molar refractivity (Wildman–Crippen MR) is 57.7 cm³/mol. The zero-order valence-corrected chi connectivity index (χ0v) is 8.90. The molecule has 4 heteroatoms. The maximum atomic E-state index is 11.5. The van der Waals surface area contributed by atoms with Gasteiger partial charge in [0.25, 0.3) is 5.91 Å². The topological polar surface area (TPSA) is 51.2 Å². The van der Waals surface area contributed by atoms with Gasteiger partial charge in [-0.1, -0.05) is 0 Å². The molecule has 0 spiro atoms. The molecule has 15 heavy (non-hydrogen) atoms. The Bertz CT molecular complexity index is 288. The number of methoxy groups -OCH3 is 1. The zero-order chi connectivity index (χ0) is 10.9. The molecule has 0 aliphatic carbocycles. The van der Waals surface area contributed by atoms with Crippen molar-refractivity contribution in [3.05, 3.63) is 30.1 Å². The molecule has 0 saturated carbocycles. The van der Waals surface area contributed by atoms with E-state index in [1.807, 2.05) is 0 Å². The van der Waals surface area contributed by atoms with Crippen LogP contribution in [0.4, 0.5) is 0 Å². The summed E-state index contributed by atoms with van der Waals surface area (Å²) in [6.45, 7) is 1.43. The van der Waals surface area contributed by atoms with Crippen LogP contribution in [0.5, 0.6) is 0 Å². The van der Waals surface area contributed by atoms with Crippen molar-refractivity contribution in [3.63, 3.8) is 0 Å². The monoisotopic (exact) mass is 208 g/mol. The van der Waals surface area contributed by atoms with Crippen molar-refractivity contribution in [2.75, 3.05) is 20.3 Å². The summed E-state index contributed by atoms with van der Waals surface area (Å²) in [4.78, 5) is 15.4. The van der Waals surface area contributed by atoms with Crippen molar-refractivity contribution >= 4 is 5.91 Å². The first kappa shape index (κ1) is 11.7.